The average molecular weight is 451 g/mol. The molecule has 2 aromatic carbocycles. The van der Waals surface area contributed by atoms with E-state index in [1.807, 2.05) is 23.1 Å². The van der Waals surface area contributed by atoms with Gasteiger partial charge in [-0.1, -0.05) is 65.1 Å². The fourth-order valence-electron chi connectivity index (χ4n) is 3.62. The standard InChI is InChI=1S/C21H18Cl3N3O2/c22-15-6-7-17(16(23)12-15)27-20(28)18(24)19(21(27)29)26-10-8-25(9-11-26)13-14-4-2-1-3-5-14/h1-7,12H,8-11,13H2. The number of imide groups is 1. The van der Waals surface area contributed by atoms with Gasteiger partial charge < -0.3 is 4.90 Å². The lowest BCUT2D eigenvalue weighted by Crippen LogP contribution is -2.47. The highest BCUT2D eigenvalue weighted by Gasteiger charge is 2.42. The first-order chi connectivity index (χ1) is 14.0. The number of carbonyl (C=O) groups is 2. The maximum Gasteiger partial charge on any atom is 0.283 e. The number of nitrogens with zero attached hydrogens (tertiary/aromatic N) is 3. The number of piperazine rings is 1. The lowest BCUT2D eigenvalue weighted by molar-refractivity contribution is -0.121. The summed E-state index contributed by atoms with van der Waals surface area (Å²) in [5.41, 5.74) is 1.76. The molecule has 2 aliphatic heterocycles. The van der Waals surface area contributed by atoms with Crippen LogP contribution in [0.2, 0.25) is 10.0 Å². The molecule has 1 fully saturated rings. The molecule has 0 bridgehead atoms. The van der Waals surface area contributed by atoms with Crippen molar-refractivity contribution in [3.63, 3.8) is 0 Å². The van der Waals surface area contributed by atoms with Gasteiger partial charge in [0.1, 0.15) is 10.7 Å². The van der Waals surface area contributed by atoms with Crippen molar-refractivity contribution in [2.45, 2.75) is 6.54 Å². The molecule has 0 saturated carbocycles. The van der Waals surface area contributed by atoms with E-state index in [1.54, 1.807) is 12.1 Å². The van der Waals surface area contributed by atoms with Crippen LogP contribution in [0.5, 0.6) is 0 Å². The van der Waals surface area contributed by atoms with E-state index in [-0.39, 0.29) is 21.4 Å². The Hall–Kier alpha value is -2.05. The maximum absolute atomic E-state index is 13.1. The molecule has 2 heterocycles. The smallest absolute Gasteiger partial charge is 0.283 e. The number of halogens is 3. The summed E-state index contributed by atoms with van der Waals surface area (Å²) >= 11 is 18.4. The highest BCUT2D eigenvalue weighted by molar-refractivity contribution is 6.53. The molecule has 8 heteroatoms. The lowest BCUT2D eigenvalue weighted by atomic mass is 10.2. The molecule has 2 amide bonds. The zero-order valence-electron chi connectivity index (χ0n) is 15.4. The van der Waals surface area contributed by atoms with Crippen molar-refractivity contribution in [3.05, 3.63) is 74.9 Å². The summed E-state index contributed by atoms with van der Waals surface area (Å²) in [6.45, 7) is 3.61. The lowest BCUT2D eigenvalue weighted by Gasteiger charge is -2.36. The Morgan fingerprint density at radius 2 is 1.52 bits per heavy atom. The number of carbonyl (C=O) groups excluding carboxylic acids is 2. The molecule has 0 atom stereocenters. The normalized spacial score (nSPS) is 18.2. The third kappa shape index (κ3) is 4.01. The monoisotopic (exact) mass is 449 g/mol. The van der Waals surface area contributed by atoms with E-state index in [4.69, 9.17) is 34.8 Å². The first-order valence-corrected chi connectivity index (χ1v) is 10.3. The maximum atomic E-state index is 13.1. The minimum Gasteiger partial charge on any atom is -0.363 e. The fraction of sp³-hybridized carbons (Fsp3) is 0.238. The molecular weight excluding hydrogens is 433 g/mol. The minimum absolute atomic E-state index is 0.0717. The predicted molar refractivity (Wildman–Crippen MR) is 115 cm³/mol. The van der Waals surface area contributed by atoms with E-state index in [1.165, 1.54) is 11.6 Å². The Balaban J connectivity index is 1.48. The molecule has 2 aromatic rings. The molecule has 0 N–H and O–H groups in total. The van der Waals surface area contributed by atoms with Crippen LogP contribution in [0.15, 0.2) is 59.3 Å². The van der Waals surface area contributed by atoms with Gasteiger partial charge in [-0.25, -0.2) is 4.90 Å². The topological polar surface area (TPSA) is 43.9 Å². The molecule has 0 radical (unpaired) electrons. The molecule has 0 spiro atoms. The van der Waals surface area contributed by atoms with Crippen molar-refractivity contribution in [2.75, 3.05) is 31.1 Å². The van der Waals surface area contributed by atoms with Gasteiger partial charge in [0.05, 0.1) is 10.7 Å². The van der Waals surface area contributed by atoms with E-state index in [0.717, 1.165) is 24.5 Å². The third-order valence-corrected chi connectivity index (χ3v) is 5.97. The minimum atomic E-state index is -0.567. The van der Waals surface area contributed by atoms with Crippen LogP contribution in [0.4, 0.5) is 5.69 Å². The van der Waals surface area contributed by atoms with Crippen molar-refractivity contribution < 1.29 is 9.59 Å². The van der Waals surface area contributed by atoms with E-state index < -0.39 is 11.8 Å². The second-order valence-corrected chi connectivity index (χ2v) is 8.17. The SMILES string of the molecule is O=C1C(Cl)=C(N2CCN(Cc3ccccc3)CC2)C(=O)N1c1ccc(Cl)cc1Cl. The summed E-state index contributed by atoms with van der Waals surface area (Å²) in [4.78, 5) is 31.0. The molecule has 150 valence electrons. The van der Waals surface area contributed by atoms with Gasteiger partial charge in [0.15, 0.2) is 0 Å². The van der Waals surface area contributed by atoms with Gasteiger partial charge in [-0.15, -0.1) is 0 Å². The van der Waals surface area contributed by atoms with Gasteiger partial charge in [0.2, 0.25) is 0 Å². The molecule has 1 saturated heterocycles. The number of hydrogen-bond donors (Lipinski definition) is 0. The quantitative estimate of drug-likeness (QED) is 0.657. The van der Waals surface area contributed by atoms with E-state index >= 15 is 0 Å². The van der Waals surface area contributed by atoms with Crippen LogP contribution in [0.3, 0.4) is 0 Å². The zero-order chi connectivity index (χ0) is 20.5. The second-order valence-electron chi connectivity index (χ2n) is 6.95. The van der Waals surface area contributed by atoms with Crippen molar-refractivity contribution >= 4 is 52.3 Å². The molecule has 0 aromatic heterocycles. The fourth-order valence-corrected chi connectivity index (χ4v) is 4.40. The third-order valence-electron chi connectivity index (χ3n) is 5.09. The predicted octanol–water partition coefficient (Wildman–Crippen LogP) is 4.13. The summed E-state index contributed by atoms with van der Waals surface area (Å²) in [5, 5.41) is 0.571. The highest BCUT2D eigenvalue weighted by Crippen LogP contribution is 2.36. The van der Waals surface area contributed by atoms with Crippen LogP contribution >= 0.6 is 34.8 Å². The van der Waals surface area contributed by atoms with Crippen LogP contribution in [-0.2, 0) is 16.1 Å². The Morgan fingerprint density at radius 3 is 2.17 bits per heavy atom. The van der Waals surface area contributed by atoms with Crippen LogP contribution in [0.25, 0.3) is 0 Å². The summed E-state index contributed by atoms with van der Waals surface area (Å²) in [7, 11) is 0. The van der Waals surface area contributed by atoms with Crippen molar-refractivity contribution in [1.82, 2.24) is 9.80 Å². The first kappa shape index (κ1) is 20.2. The largest absolute Gasteiger partial charge is 0.363 e. The van der Waals surface area contributed by atoms with Gasteiger partial charge in [0.25, 0.3) is 11.8 Å². The second kappa shape index (κ2) is 8.36. The van der Waals surface area contributed by atoms with Crippen LogP contribution in [-0.4, -0.2) is 47.8 Å². The molecule has 4 rings (SSSR count). The number of hydrogen-bond acceptors (Lipinski definition) is 4. The summed E-state index contributed by atoms with van der Waals surface area (Å²) < 4.78 is 0. The van der Waals surface area contributed by atoms with Gasteiger partial charge in [-0.3, -0.25) is 14.5 Å². The zero-order valence-corrected chi connectivity index (χ0v) is 17.7. The van der Waals surface area contributed by atoms with Gasteiger partial charge in [-0.05, 0) is 23.8 Å². The molecule has 0 aliphatic carbocycles. The molecular formula is C21H18Cl3N3O2. The van der Waals surface area contributed by atoms with Gasteiger partial charge in [-0.2, -0.15) is 0 Å². The van der Waals surface area contributed by atoms with Crippen molar-refractivity contribution in [1.29, 1.82) is 0 Å². The van der Waals surface area contributed by atoms with Crippen LogP contribution in [0, 0.1) is 0 Å². The van der Waals surface area contributed by atoms with Gasteiger partial charge >= 0.3 is 0 Å². The summed E-state index contributed by atoms with van der Waals surface area (Å²) in [6, 6.07) is 14.9. The molecule has 0 unspecified atom stereocenters. The summed E-state index contributed by atoms with van der Waals surface area (Å²) in [5.74, 6) is -1.02. The van der Waals surface area contributed by atoms with Crippen molar-refractivity contribution in [2.24, 2.45) is 0 Å². The molecule has 29 heavy (non-hydrogen) atoms. The number of amides is 2. The number of anilines is 1. The Labute approximate surface area is 184 Å². The Morgan fingerprint density at radius 1 is 0.828 bits per heavy atom. The van der Waals surface area contributed by atoms with Crippen LogP contribution < -0.4 is 4.90 Å². The molecule has 2 aliphatic rings. The Kier molecular flexibility index (Phi) is 5.83. The first-order valence-electron chi connectivity index (χ1n) is 9.20. The van der Waals surface area contributed by atoms with E-state index in [2.05, 4.69) is 17.0 Å². The van der Waals surface area contributed by atoms with Crippen molar-refractivity contribution in [3.8, 4) is 0 Å². The van der Waals surface area contributed by atoms with Crippen LogP contribution in [0.1, 0.15) is 5.56 Å². The van der Waals surface area contributed by atoms with E-state index in [0.29, 0.717) is 18.1 Å². The van der Waals surface area contributed by atoms with Gasteiger partial charge in [0, 0.05) is 37.7 Å². The number of rotatable bonds is 4. The Bertz CT molecular complexity index is 986. The average Bonchev–Trinajstić information content (AvgIpc) is 2.93. The number of benzene rings is 2. The highest BCUT2D eigenvalue weighted by atomic mass is 35.5. The van der Waals surface area contributed by atoms with E-state index in [9.17, 15) is 9.59 Å². The summed E-state index contributed by atoms with van der Waals surface area (Å²) in [6.07, 6.45) is 0. The molecule has 5 nitrogen and oxygen atoms in total.